The van der Waals surface area contributed by atoms with Crippen molar-refractivity contribution in [3.8, 4) is 11.5 Å². The summed E-state index contributed by atoms with van der Waals surface area (Å²) in [6.45, 7) is 12.1. The molecule has 114 valence electrons. The smallest absolute Gasteiger partial charge is 0.161 e. The van der Waals surface area contributed by atoms with Gasteiger partial charge in [0.15, 0.2) is 11.5 Å². The fourth-order valence-electron chi connectivity index (χ4n) is 2.05. The van der Waals surface area contributed by atoms with E-state index in [9.17, 15) is 0 Å². The molecule has 0 aromatic heterocycles. The molecule has 1 aromatic carbocycles. The number of hydrogen-bond donors (Lipinski definition) is 1. The van der Waals surface area contributed by atoms with Crippen molar-refractivity contribution in [2.45, 2.75) is 59.5 Å². The van der Waals surface area contributed by atoms with E-state index in [1.54, 1.807) is 0 Å². The summed E-state index contributed by atoms with van der Waals surface area (Å²) < 4.78 is 11.6. The monoisotopic (exact) mass is 279 g/mol. The van der Waals surface area contributed by atoms with Gasteiger partial charge in [-0.1, -0.05) is 33.8 Å². The van der Waals surface area contributed by atoms with E-state index < -0.39 is 0 Å². The molecule has 3 heteroatoms. The topological polar surface area (TPSA) is 30.5 Å². The van der Waals surface area contributed by atoms with Crippen LogP contribution in [0, 0.1) is 0 Å². The van der Waals surface area contributed by atoms with Crippen molar-refractivity contribution >= 4 is 0 Å². The quantitative estimate of drug-likeness (QED) is 0.730. The number of rotatable bonds is 9. The van der Waals surface area contributed by atoms with Gasteiger partial charge >= 0.3 is 0 Å². The van der Waals surface area contributed by atoms with Crippen LogP contribution in [-0.4, -0.2) is 19.3 Å². The largest absolute Gasteiger partial charge is 0.490 e. The minimum absolute atomic E-state index is 0.305. The van der Waals surface area contributed by atoms with Crippen molar-refractivity contribution in [2.24, 2.45) is 0 Å². The van der Waals surface area contributed by atoms with Crippen LogP contribution in [0.5, 0.6) is 11.5 Å². The number of ether oxygens (including phenoxy) is 2. The summed E-state index contributed by atoms with van der Waals surface area (Å²) in [5.41, 5.74) is 1.23. The molecule has 3 nitrogen and oxygen atoms in total. The Labute approximate surface area is 123 Å². The number of benzene rings is 1. The van der Waals surface area contributed by atoms with Crippen LogP contribution in [0.3, 0.4) is 0 Å². The van der Waals surface area contributed by atoms with Crippen LogP contribution in [0.1, 0.15) is 59.1 Å². The van der Waals surface area contributed by atoms with Crippen LogP contribution in [0.2, 0.25) is 0 Å². The van der Waals surface area contributed by atoms with Crippen LogP contribution in [0.25, 0.3) is 0 Å². The van der Waals surface area contributed by atoms with E-state index in [0.29, 0.717) is 12.1 Å². The molecule has 0 aliphatic rings. The highest BCUT2D eigenvalue weighted by Crippen LogP contribution is 2.31. The molecule has 0 aliphatic carbocycles. The van der Waals surface area contributed by atoms with Crippen molar-refractivity contribution in [3.63, 3.8) is 0 Å². The lowest BCUT2D eigenvalue weighted by Gasteiger charge is -2.19. The van der Waals surface area contributed by atoms with Gasteiger partial charge < -0.3 is 14.8 Å². The average molecular weight is 279 g/mol. The van der Waals surface area contributed by atoms with E-state index in [1.165, 1.54) is 5.56 Å². The van der Waals surface area contributed by atoms with Crippen molar-refractivity contribution in [2.75, 3.05) is 13.2 Å². The molecule has 0 fully saturated rings. The van der Waals surface area contributed by atoms with E-state index in [0.717, 1.165) is 37.6 Å². The van der Waals surface area contributed by atoms with E-state index >= 15 is 0 Å². The molecule has 1 rings (SSSR count). The SMILES string of the molecule is CCCOc1ccc(C(C)NC(C)C)cc1OCCC. The van der Waals surface area contributed by atoms with Gasteiger partial charge in [-0.25, -0.2) is 0 Å². The van der Waals surface area contributed by atoms with Crippen LogP contribution in [0.15, 0.2) is 18.2 Å². The molecule has 0 saturated carbocycles. The number of hydrogen-bond acceptors (Lipinski definition) is 3. The van der Waals surface area contributed by atoms with E-state index in [1.807, 2.05) is 6.07 Å². The lowest BCUT2D eigenvalue weighted by molar-refractivity contribution is 0.268. The molecule has 1 N–H and O–H groups in total. The van der Waals surface area contributed by atoms with Gasteiger partial charge in [0.25, 0.3) is 0 Å². The Morgan fingerprint density at radius 2 is 1.55 bits per heavy atom. The maximum Gasteiger partial charge on any atom is 0.161 e. The zero-order chi connectivity index (χ0) is 15.0. The van der Waals surface area contributed by atoms with Crippen molar-refractivity contribution in [1.82, 2.24) is 5.32 Å². The van der Waals surface area contributed by atoms with Crippen molar-refractivity contribution in [3.05, 3.63) is 23.8 Å². The molecular formula is C17H29NO2. The minimum atomic E-state index is 0.305. The van der Waals surface area contributed by atoms with Crippen molar-refractivity contribution in [1.29, 1.82) is 0 Å². The highest BCUT2D eigenvalue weighted by molar-refractivity contribution is 5.43. The Bertz CT molecular complexity index is 391. The first-order valence-corrected chi connectivity index (χ1v) is 7.74. The third kappa shape index (κ3) is 5.41. The molecule has 1 unspecified atom stereocenters. The molecule has 1 atom stereocenters. The summed E-state index contributed by atoms with van der Waals surface area (Å²) >= 11 is 0. The Hall–Kier alpha value is -1.22. The summed E-state index contributed by atoms with van der Waals surface area (Å²) in [6.07, 6.45) is 2.00. The Morgan fingerprint density at radius 1 is 0.950 bits per heavy atom. The van der Waals surface area contributed by atoms with Gasteiger partial charge in [-0.15, -0.1) is 0 Å². The summed E-state index contributed by atoms with van der Waals surface area (Å²) in [5.74, 6) is 1.70. The molecule has 0 bridgehead atoms. The summed E-state index contributed by atoms with van der Waals surface area (Å²) in [7, 11) is 0. The standard InChI is InChI=1S/C17H29NO2/c1-6-10-19-16-9-8-15(14(5)18-13(3)4)12-17(16)20-11-7-2/h8-9,12-14,18H,6-7,10-11H2,1-5H3. The van der Waals surface area contributed by atoms with Gasteiger partial charge in [-0.3, -0.25) is 0 Å². The third-order valence-electron chi connectivity index (χ3n) is 2.97. The highest BCUT2D eigenvalue weighted by atomic mass is 16.5. The number of nitrogens with one attached hydrogen (secondary N) is 1. The lowest BCUT2D eigenvalue weighted by atomic mass is 10.1. The summed E-state index contributed by atoms with van der Waals surface area (Å²) in [6, 6.07) is 7.00. The fourth-order valence-corrected chi connectivity index (χ4v) is 2.05. The van der Waals surface area contributed by atoms with Crippen LogP contribution < -0.4 is 14.8 Å². The molecule has 1 aromatic rings. The lowest BCUT2D eigenvalue weighted by Crippen LogP contribution is -2.26. The molecule has 0 aliphatic heterocycles. The summed E-state index contributed by atoms with van der Waals surface area (Å²) in [5, 5.41) is 3.51. The van der Waals surface area contributed by atoms with Crippen LogP contribution >= 0.6 is 0 Å². The maximum atomic E-state index is 5.83. The van der Waals surface area contributed by atoms with E-state index in [-0.39, 0.29) is 0 Å². The van der Waals surface area contributed by atoms with Crippen LogP contribution in [0.4, 0.5) is 0 Å². The fraction of sp³-hybridized carbons (Fsp3) is 0.647. The Balaban J connectivity index is 2.87. The molecular weight excluding hydrogens is 250 g/mol. The zero-order valence-corrected chi connectivity index (χ0v) is 13.5. The molecule has 0 heterocycles. The van der Waals surface area contributed by atoms with Gasteiger partial charge in [0, 0.05) is 12.1 Å². The molecule has 0 amide bonds. The van der Waals surface area contributed by atoms with Gasteiger partial charge in [-0.05, 0) is 37.5 Å². The Morgan fingerprint density at radius 3 is 2.10 bits per heavy atom. The first-order valence-electron chi connectivity index (χ1n) is 7.74. The van der Waals surface area contributed by atoms with Gasteiger partial charge in [-0.2, -0.15) is 0 Å². The predicted octanol–water partition coefficient (Wildman–Crippen LogP) is 4.32. The van der Waals surface area contributed by atoms with Gasteiger partial charge in [0.1, 0.15) is 0 Å². The molecule has 20 heavy (non-hydrogen) atoms. The van der Waals surface area contributed by atoms with Gasteiger partial charge in [0.05, 0.1) is 13.2 Å². The maximum absolute atomic E-state index is 5.83. The van der Waals surface area contributed by atoms with E-state index in [4.69, 9.17) is 9.47 Å². The average Bonchev–Trinajstić information content (AvgIpc) is 2.42. The van der Waals surface area contributed by atoms with E-state index in [2.05, 4.69) is 52.1 Å². The first kappa shape index (κ1) is 16.8. The minimum Gasteiger partial charge on any atom is -0.490 e. The zero-order valence-electron chi connectivity index (χ0n) is 13.5. The summed E-state index contributed by atoms with van der Waals surface area (Å²) in [4.78, 5) is 0. The van der Waals surface area contributed by atoms with Crippen LogP contribution in [-0.2, 0) is 0 Å². The second-order valence-corrected chi connectivity index (χ2v) is 5.45. The first-order chi connectivity index (χ1) is 9.58. The second kappa shape index (κ2) is 8.85. The normalized spacial score (nSPS) is 12.5. The molecule has 0 saturated heterocycles. The predicted molar refractivity (Wildman–Crippen MR) is 84.7 cm³/mol. The third-order valence-corrected chi connectivity index (χ3v) is 2.97. The van der Waals surface area contributed by atoms with Gasteiger partial charge in [0.2, 0.25) is 0 Å². The Kier molecular flexibility index (Phi) is 7.45. The molecule has 0 spiro atoms. The highest BCUT2D eigenvalue weighted by Gasteiger charge is 2.11. The second-order valence-electron chi connectivity index (χ2n) is 5.45. The van der Waals surface area contributed by atoms with Crippen molar-refractivity contribution < 1.29 is 9.47 Å². The molecule has 0 radical (unpaired) electrons.